The molecule has 1 aromatic carbocycles. The second-order valence-electron chi connectivity index (χ2n) is 5.98. The first-order valence-electron chi connectivity index (χ1n) is 7.22. The number of methoxy groups -OCH3 is 1. The standard InChI is InChI=1S/C16H22FNO4/c1-16(2)11-18(8-14(22-16)9-20-3)15(19)10-21-13-6-4-5-12(17)7-13/h4-7,14H,8-11H2,1-3H3. The molecule has 122 valence electrons. The smallest absolute Gasteiger partial charge is 0.260 e. The van der Waals surface area contributed by atoms with Crippen molar-refractivity contribution in [3.05, 3.63) is 30.1 Å². The molecule has 0 N–H and O–H groups in total. The van der Waals surface area contributed by atoms with Gasteiger partial charge in [-0.3, -0.25) is 4.79 Å². The minimum atomic E-state index is -0.435. The molecule has 0 saturated carbocycles. The summed E-state index contributed by atoms with van der Waals surface area (Å²) in [6, 6.07) is 5.74. The summed E-state index contributed by atoms with van der Waals surface area (Å²) in [4.78, 5) is 14.0. The van der Waals surface area contributed by atoms with E-state index >= 15 is 0 Å². The number of hydrogen-bond donors (Lipinski definition) is 0. The Morgan fingerprint density at radius 2 is 2.27 bits per heavy atom. The highest BCUT2D eigenvalue weighted by atomic mass is 19.1. The largest absolute Gasteiger partial charge is 0.484 e. The molecule has 22 heavy (non-hydrogen) atoms. The van der Waals surface area contributed by atoms with E-state index < -0.39 is 11.4 Å². The van der Waals surface area contributed by atoms with Gasteiger partial charge in [-0.15, -0.1) is 0 Å². The van der Waals surface area contributed by atoms with Crippen LogP contribution in [0.3, 0.4) is 0 Å². The number of nitrogens with zero attached hydrogens (tertiary/aromatic N) is 1. The number of rotatable bonds is 5. The van der Waals surface area contributed by atoms with Crippen molar-refractivity contribution in [1.82, 2.24) is 4.90 Å². The van der Waals surface area contributed by atoms with Crippen LogP contribution >= 0.6 is 0 Å². The molecule has 1 unspecified atom stereocenters. The van der Waals surface area contributed by atoms with E-state index in [4.69, 9.17) is 14.2 Å². The summed E-state index contributed by atoms with van der Waals surface area (Å²) in [5, 5.41) is 0. The van der Waals surface area contributed by atoms with Gasteiger partial charge in [-0.05, 0) is 26.0 Å². The molecular weight excluding hydrogens is 289 g/mol. The van der Waals surface area contributed by atoms with Crippen molar-refractivity contribution in [1.29, 1.82) is 0 Å². The Labute approximate surface area is 130 Å². The average molecular weight is 311 g/mol. The summed E-state index contributed by atoms with van der Waals surface area (Å²) < 4.78 is 29.4. The lowest BCUT2D eigenvalue weighted by Gasteiger charge is -2.42. The predicted octanol–water partition coefficient (Wildman–Crippen LogP) is 1.86. The highest BCUT2D eigenvalue weighted by molar-refractivity contribution is 5.78. The minimum absolute atomic E-state index is 0.126. The van der Waals surface area contributed by atoms with Crippen molar-refractivity contribution in [3.63, 3.8) is 0 Å². The summed E-state index contributed by atoms with van der Waals surface area (Å²) in [5.41, 5.74) is -0.435. The van der Waals surface area contributed by atoms with E-state index in [1.165, 1.54) is 12.1 Å². The molecule has 1 aliphatic heterocycles. The van der Waals surface area contributed by atoms with Crippen LogP contribution in [0.5, 0.6) is 5.75 Å². The number of carbonyl (C=O) groups excluding carboxylic acids is 1. The highest BCUT2D eigenvalue weighted by Crippen LogP contribution is 2.21. The molecule has 1 heterocycles. The van der Waals surface area contributed by atoms with Gasteiger partial charge in [0.25, 0.3) is 5.91 Å². The molecule has 2 rings (SSSR count). The topological polar surface area (TPSA) is 48.0 Å². The monoisotopic (exact) mass is 311 g/mol. The Balaban J connectivity index is 1.93. The van der Waals surface area contributed by atoms with Crippen molar-refractivity contribution < 1.29 is 23.4 Å². The lowest BCUT2D eigenvalue weighted by molar-refractivity contribution is -0.170. The van der Waals surface area contributed by atoms with Crippen LogP contribution in [0.4, 0.5) is 4.39 Å². The first kappa shape index (κ1) is 16.7. The average Bonchev–Trinajstić information content (AvgIpc) is 2.43. The van der Waals surface area contributed by atoms with E-state index in [1.54, 1.807) is 24.1 Å². The summed E-state index contributed by atoms with van der Waals surface area (Å²) in [7, 11) is 1.60. The van der Waals surface area contributed by atoms with Gasteiger partial charge in [0.05, 0.1) is 18.3 Å². The lowest BCUT2D eigenvalue weighted by Crippen LogP contribution is -2.56. The summed E-state index contributed by atoms with van der Waals surface area (Å²) in [6.45, 7) is 5.11. The van der Waals surface area contributed by atoms with Crippen LogP contribution < -0.4 is 4.74 Å². The highest BCUT2D eigenvalue weighted by Gasteiger charge is 2.35. The van der Waals surface area contributed by atoms with Gasteiger partial charge in [-0.2, -0.15) is 0 Å². The maximum Gasteiger partial charge on any atom is 0.260 e. The molecule has 1 aliphatic rings. The lowest BCUT2D eigenvalue weighted by atomic mass is 10.1. The molecule has 6 heteroatoms. The van der Waals surface area contributed by atoms with Crippen LogP contribution in [-0.4, -0.2) is 55.9 Å². The van der Waals surface area contributed by atoms with Gasteiger partial charge in [-0.1, -0.05) is 6.07 Å². The van der Waals surface area contributed by atoms with Gasteiger partial charge in [0.15, 0.2) is 6.61 Å². The molecular formula is C16H22FNO4. The second-order valence-corrected chi connectivity index (χ2v) is 5.98. The van der Waals surface area contributed by atoms with Crippen molar-refractivity contribution in [2.24, 2.45) is 0 Å². The first-order valence-corrected chi connectivity index (χ1v) is 7.22. The third kappa shape index (κ3) is 4.68. The van der Waals surface area contributed by atoms with Crippen molar-refractivity contribution in [2.75, 3.05) is 33.4 Å². The van der Waals surface area contributed by atoms with Crippen LogP contribution in [0.1, 0.15) is 13.8 Å². The van der Waals surface area contributed by atoms with Gasteiger partial charge >= 0.3 is 0 Å². The van der Waals surface area contributed by atoms with E-state index in [0.29, 0.717) is 25.4 Å². The van der Waals surface area contributed by atoms with Crippen LogP contribution in [0.15, 0.2) is 24.3 Å². The predicted molar refractivity (Wildman–Crippen MR) is 79.3 cm³/mol. The van der Waals surface area contributed by atoms with Gasteiger partial charge in [0, 0.05) is 26.3 Å². The Morgan fingerprint density at radius 3 is 2.95 bits per heavy atom. The zero-order valence-electron chi connectivity index (χ0n) is 13.2. The number of amides is 1. The van der Waals surface area contributed by atoms with E-state index in [9.17, 15) is 9.18 Å². The Kier molecular flexibility index (Phi) is 5.37. The molecule has 1 fully saturated rings. The van der Waals surface area contributed by atoms with Gasteiger partial charge in [0.2, 0.25) is 0 Å². The minimum Gasteiger partial charge on any atom is -0.484 e. The molecule has 0 aliphatic carbocycles. The summed E-state index contributed by atoms with van der Waals surface area (Å²) >= 11 is 0. The van der Waals surface area contributed by atoms with E-state index in [2.05, 4.69) is 0 Å². The Morgan fingerprint density at radius 1 is 1.50 bits per heavy atom. The molecule has 0 bridgehead atoms. The first-order chi connectivity index (χ1) is 10.4. The Bertz CT molecular complexity index is 521. The molecule has 1 atom stereocenters. The zero-order valence-corrected chi connectivity index (χ0v) is 13.2. The summed E-state index contributed by atoms with van der Waals surface area (Å²) in [5.74, 6) is -0.200. The van der Waals surface area contributed by atoms with Crippen molar-refractivity contribution in [3.8, 4) is 5.75 Å². The van der Waals surface area contributed by atoms with Crippen molar-refractivity contribution >= 4 is 5.91 Å². The van der Waals surface area contributed by atoms with Crippen LogP contribution in [0, 0.1) is 5.82 Å². The third-order valence-electron chi connectivity index (χ3n) is 3.35. The number of morpholine rings is 1. The van der Waals surface area contributed by atoms with E-state index in [1.807, 2.05) is 13.8 Å². The molecule has 1 aromatic rings. The van der Waals surface area contributed by atoms with Crippen LogP contribution in [0.25, 0.3) is 0 Å². The number of benzene rings is 1. The van der Waals surface area contributed by atoms with Gasteiger partial charge in [-0.25, -0.2) is 4.39 Å². The maximum atomic E-state index is 13.1. The third-order valence-corrected chi connectivity index (χ3v) is 3.35. The van der Waals surface area contributed by atoms with Gasteiger partial charge < -0.3 is 19.1 Å². The molecule has 5 nitrogen and oxygen atoms in total. The number of halogens is 1. The van der Waals surface area contributed by atoms with Crippen LogP contribution in [-0.2, 0) is 14.3 Å². The quantitative estimate of drug-likeness (QED) is 0.833. The van der Waals surface area contributed by atoms with E-state index in [0.717, 1.165) is 0 Å². The molecule has 0 spiro atoms. The van der Waals surface area contributed by atoms with Crippen LogP contribution in [0.2, 0.25) is 0 Å². The summed E-state index contributed by atoms with van der Waals surface area (Å²) in [6.07, 6.45) is -0.160. The second kappa shape index (κ2) is 7.07. The zero-order chi connectivity index (χ0) is 16.2. The number of carbonyl (C=O) groups is 1. The molecule has 0 aromatic heterocycles. The fraction of sp³-hybridized carbons (Fsp3) is 0.562. The van der Waals surface area contributed by atoms with Crippen molar-refractivity contribution in [2.45, 2.75) is 25.6 Å². The fourth-order valence-electron chi connectivity index (χ4n) is 2.55. The fourth-order valence-corrected chi connectivity index (χ4v) is 2.55. The van der Waals surface area contributed by atoms with E-state index in [-0.39, 0.29) is 18.6 Å². The number of hydrogen-bond acceptors (Lipinski definition) is 4. The SMILES string of the molecule is COCC1CN(C(=O)COc2cccc(F)c2)CC(C)(C)O1. The molecule has 1 saturated heterocycles. The molecule has 0 radical (unpaired) electrons. The normalized spacial score (nSPS) is 20.7. The van der Waals surface area contributed by atoms with Gasteiger partial charge in [0.1, 0.15) is 11.6 Å². The maximum absolute atomic E-state index is 13.1. The number of ether oxygens (including phenoxy) is 3. The Hall–Kier alpha value is -1.66. The molecule has 1 amide bonds.